The molecule has 146 valence electrons. The van der Waals surface area contributed by atoms with Crippen LogP contribution in [0.3, 0.4) is 0 Å². The fourth-order valence-corrected chi connectivity index (χ4v) is 4.82. The number of likely N-dealkylation sites (tertiary alicyclic amines) is 1. The minimum atomic E-state index is 0.0335. The average molecular weight is 390 g/mol. The predicted octanol–water partition coefficient (Wildman–Crippen LogP) is 4.49. The van der Waals surface area contributed by atoms with E-state index in [1.54, 1.807) is 0 Å². The number of halogens is 1. The third-order valence-electron chi connectivity index (χ3n) is 6.44. The Morgan fingerprint density at radius 1 is 1.26 bits per heavy atom. The van der Waals surface area contributed by atoms with Crippen molar-refractivity contribution >= 4 is 28.6 Å². The highest BCUT2D eigenvalue weighted by atomic mass is 35.5. The summed E-state index contributed by atoms with van der Waals surface area (Å²) in [5.41, 5.74) is 7.67. The van der Waals surface area contributed by atoms with Crippen LogP contribution in [0, 0.1) is 5.41 Å². The summed E-state index contributed by atoms with van der Waals surface area (Å²) in [5.74, 6) is 1.30. The van der Waals surface area contributed by atoms with Crippen molar-refractivity contribution in [3.8, 4) is 0 Å². The molecule has 1 aliphatic carbocycles. The van der Waals surface area contributed by atoms with Crippen molar-refractivity contribution in [2.75, 3.05) is 19.6 Å². The maximum absolute atomic E-state index is 12.9. The molecule has 1 aromatic heterocycles. The lowest BCUT2D eigenvalue weighted by molar-refractivity contribution is -0.135. The molecule has 0 unspecified atom stereocenters. The van der Waals surface area contributed by atoms with Crippen molar-refractivity contribution in [3.63, 3.8) is 0 Å². The Kier molecular flexibility index (Phi) is 5.42. The van der Waals surface area contributed by atoms with Gasteiger partial charge in [-0.25, -0.2) is 4.98 Å². The van der Waals surface area contributed by atoms with Gasteiger partial charge in [-0.05, 0) is 55.8 Å². The summed E-state index contributed by atoms with van der Waals surface area (Å²) in [7, 11) is 0. The van der Waals surface area contributed by atoms with E-state index in [2.05, 4.69) is 4.98 Å². The number of rotatable bonds is 4. The Hall–Kier alpha value is -1.59. The van der Waals surface area contributed by atoms with Crippen molar-refractivity contribution in [2.45, 2.75) is 57.3 Å². The van der Waals surface area contributed by atoms with E-state index in [4.69, 9.17) is 21.8 Å². The molecule has 2 aliphatic rings. The van der Waals surface area contributed by atoms with Gasteiger partial charge >= 0.3 is 0 Å². The van der Waals surface area contributed by atoms with Gasteiger partial charge in [0.1, 0.15) is 5.52 Å². The highest BCUT2D eigenvalue weighted by molar-refractivity contribution is 6.31. The maximum Gasteiger partial charge on any atom is 0.223 e. The number of carbonyl (C=O) groups is 1. The predicted molar refractivity (Wildman–Crippen MR) is 107 cm³/mol. The molecule has 0 radical (unpaired) electrons. The highest BCUT2D eigenvalue weighted by Crippen LogP contribution is 2.39. The van der Waals surface area contributed by atoms with Crippen LogP contribution in [0.4, 0.5) is 0 Å². The number of oxazole rings is 1. The zero-order chi connectivity index (χ0) is 18.9. The molecule has 5 nitrogen and oxygen atoms in total. The van der Waals surface area contributed by atoms with Crippen LogP contribution < -0.4 is 5.73 Å². The topological polar surface area (TPSA) is 72.4 Å². The Balaban J connectivity index is 1.37. The van der Waals surface area contributed by atoms with Gasteiger partial charge in [-0.3, -0.25) is 4.79 Å². The molecule has 1 aromatic carbocycles. The van der Waals surface area contributed by atoms with Gasteiger partial charge in [0, 0.05) is 30.5 Å². The van der Waals surface area contributed by atoms with Gasteiger partial charge in [-0.15, -0.1) is 0 Å². The standard InChI is InChI=1S/C21H28ClN3O2/c22-16-4-5-18-17(12-16)24-20(27-18)15-6-10-25(11-7-15)19(26)13-21(14-23)8-2-1-3-9-21/h4-5,12,15H,1-3,6-11,13-14,23H2. The lowest BCUT2D eigenvalue weighted by Crippen LogP contribution is -2.43. The first-order valence-corrected chi connectivity index (χ1v) is 10.5. The van der Waals surface area contributed by atoms with E-state index in [9.17, 15) is 4.79 Å². The van der Waals surface area contributed by atoms with Crippen LogP contribution >= 0.6 is 11.6 Å². The van der Waals surface area contributed by atoms with Crippen molar-refractivity contribution < 1.29 is 9.21 Å². The van der Waals surface area contributed by atoms with E-state index in [1.165, 1.54) is 19.3 Å². The maximum atomic E-state index is 12.9. The Morgan fingerprint density at radius 2 is 2.00 bits per heavy atom. The summed E-state index contributed by atoms with van der Waals surface area (Å²) in [6, 6.07) is 5.51. The first-order chi connectivity index (χ1) is 13.1. The molecule has 2 N–H and O–H groups in total. The zero-order valence-electron chi connectivity index (χ0n) is 15.8. The highest BCUT2D eigenvalue weighted by Gasteiger charge is 2.35. The number of hydrogen-bond acceptors (Lipinski definition) is 4. The molecule has 1 saturated carbocycles. The number of nitrogens with two attached hydrogens (primary N) is 1. The second kappa shape index (κ2) is 7.80. The van der Waals surface area contributed by atoms with Crippen molar-refractivity contribution in [1.29, 1.82) is 0 Å². The molecule has 1 amide bonds. The zero-order valence-corrected chi connectivity index (χ0v) is 16.5. The van der Waals surface area contributed by atoms with E-state index in [0.29, 0.717) is 18.0 Å². The first kappa shape index (κ1) is 18.8. The number of fused-ring (bicyclic) bond motifs is 1. The molecular weight excluding hydrogens is 362 g/mol. The number of piperidine rings is 1. The van der Waals surface area contributed by atoms with E-state index in [-0.39, 0.29) is 17.2 Å². The van der Waals surface area contributed by atoms with Crippen molar-refractivity contribution in [2.24, 2.45) is 11.1 Å². The third kappa shape index (κ3) is 3.99. The van der Waals surface area contributed by atoms with Gasteiger partial charge in [0.2, 0.25) is 5.91 Å². The van der Waals surface area contributed by atoms with Crippen molar-refractivity contribution in [1.82, 2.24) is 9.88 Å². The monoisotopic (exact) mass is 389 g/mol. The second-order valence-corrected chi connectivity index (χ2v) is 8.70. The van der Waals surface area contributed by atoms with Gasteiger partial charge in [0.05, 0.1) is 0 Å². The summed E-state index contributed by atoms with van der Waals surface area (Å²) in [4.78, 5) is 19.5. The molecule has 1 saturated heterocycles. The fraction of sp³-hybridized carbons (Fsp3) is 0.619. The van der Waals surface area contributed by atoms with Crippen LogP contribution in [0.1, 0.15) is 63.2 Å². The normalized spacial score (nSPS) is 20.9. The summed E-state index contributed by atoms with van der Waals surface area (Å²) in [6.45, 7) is 2.16. The number of benzene rings is 1. The van der Waals surface area contributed by atoms with Gasteiger partial charge in [-0.1, -0.05) is 30.9 Å². The van der Waals surface area contributed by atoms with Crippen molar-refractivity contribution in [3.05, 3.63) is 29.1 Å². The molecule has 2 fully saturated rings. The van der Waals surface area contributed by atoms with Crippen LogP contribution in [0.2, 0.25) is 5.02 Å². The van der Waals surface area contributed by atoms with Gasteiger partial charge < -0.3 is 15.1 Å². The molecule has 6 heteroatoms. The lowest BCUT2D eigenvalue weighted by Gasteiger charge is -2.38. The first-order valence-electron chi connectivity index (χ1n) is 10.1. The summed E-state index contributed by atoms with van der Waals surface area (Å²) in [6.07, 6.45) is 8.26. The van der Waals surface area contributed by atoms with Crippen LogP contribution in [0.25, 0.3) is 11.1 Å². The van der Waals surface area contributed by atoms with Crippen LogP contribution in [-0.2, 0) is 4.79 Å². The van der Waals surface area contributed by atoms with E-state index < -0.39 is 0 Å². The molecule has 4 rings (SSSR count). The minimum Gasteiger partial charge on any atom is -0.440 e. The smallest absolute Gasteiger partial charge is 0.223 e. The Bertz CT molecular complexity index is 805. The Labute approximate surface area is 165 Å². The summed E-state index contributed by atoms with van der Waals surface area (Å²) in [5, 5.41) is 0.666. The van der Waals surface area contributed by atoms with Crippen LogP contribution in [0.5, 0.6) is 0 Å². The number of hydrogen-bond donors (Lipinski definition) is 1. The molecular formula is C21H28ClN3O2. The van der Waals surface area contributed by atoms with E-state index in [0.717, 1.165) is 55.8 Å². The van der Waals surface area contributed by atoms with Gasteiger partial charge in [0.25, 0.3) is 0 Å². The van der Waals surface area contributed by atoms with Crippen LogP contribution in [-0.4, -0.2) is 35.4 Å². The quantitative estimate of drug-likeness (QED) is 0.836. The molecule has 2 aromatic rings. The largest absolute Gasteiger partial charge is 0.440 e. The average Bonchev–Trinajstić information content (AvgIpc) is 3.12. The minimum absolute atomic E-state index is 0.0335. The van der Waals surface area contributed by atoms with Gasteiger partial charge in [-0.2, -0.15) is 0 Å². The van der Waals surface area contributed by atoms with E-state index in [1.807, 2.05) is 23.1 Å². The Morgan fingerprint density at radius 3 is 2.70 bits per heavy atom. The summed E-state index contributed by atoms with van der Waals surface area (Å²) < 4.78 is 5.92. The lowest BCUT2D eigenvalue weighted by atomic mass is 9.71. The molecule has 1 aliphatic heterocycles. The third-order valence-corrected chi connectivity index (χ3v) is 6.67. The molecule has 0 bridgehead atoms. The molecule has 2 heterocycles. The SMILES string of the molecule is NCC1(CC(=O)N2CCC(c3nc4cc(Cl)ccc4o3)CC2)CCCCC1. The number of amides is 1. The van der Waals surface area contributed by atoms with E-state index >= 15 is 0 Å². The summed E-state index contributed by atoms with van der Waals surface area (Å²) >= 11 is 6.04. The number of aromatic nitrogens is 1. The molecule has 27 heavy (non-hydrogen) atoms. The second-order valence-electron chi connectivity index (χ2n) is 8.26. The number of carbonyl (C=O) groups excluding carboxylic acids is 1. The molecule has 0 atom stereocenters. The molecule has 0 spiro atoms. The van der Waals surface area contributed by atoms with Crippen LogP contribution in [0.15, 0.2) is 22.6 Å². The number of nitrogens with zero attached hydrogens (tertiary/aromatic N) is 2. The fourth-order valence-electron chi connectivity index (χ4n) is 4.66. The van der Waals surface area contributed by atoms with Gasteiger partial charge in [0.15, 0.2) is 11.5 Å².